The highest BCUT2D eigenvalue weighted by Gasteiger charge is 2.22. The Labute approximate surface area is 165 Å². The van der Waals surface area contributed by atoms with Crippen LogP contribution in [-0.2, 0) is 6.54 Å². The topological polar surface area (TPSA) is 51.0 Å². The van der Waals surface area contributed by atoms with Gasteiger partial charge in [-0.25, -0.2) is 4.98 Å². The number of fused-ring (bicyclic) bond motifs is 1. The van der Waals surface area contributed by atoms with E-state index in [1.165, 1.54) is 11.3 Å². The molecule has 5 nitrogen and oxygen atoms in total. The Morgan fingerprint density at radius 2 is 2.00 bits per heavy atom. The van der Waals surface area contributed by atoms with Crippen molar-refractivity contribution >= 4 is 44.2 Å². The van der Waals surface area contributed by atoms with Crippen LogP contribution >= 0.6 is 22.9 Å². The zero-order valence-corrected chi connectivity index (χ0v) is 16.2. The second-order valence-corrected chi connectivity index (χ2v) is 7.59. The van der Waals surface area contributed by atoms with Crippen LogP contribution in [0, 0.1) is 6.92 Å². The Kier molecular flexibility index (Phi) is 4.92. The number of para-hydroxylation sites is 1. The molecule has 0 aliphatic rings. The maximum Gasteiger partial charge on any atom is 0.260 e. The first-order chi connectivity index (χ1) is 13.1. The Morgan fingerprint density at radius 1 is 1.19 bits per heavy atom. The van der Waals surface area contributed by atoms with E-state index < -0.39 is 0 Å². The lowest BCUT2D eigenvalue weighted by Gasteiger charge is -2.20. The van der Waals surface area contributed by atoms with Gasteiger partial charge in [-0.15, -0.1) is 0 Å². The molecule has 0 saturated heterocycles. The van der Waals surface area contributed by atoms with E-state index in [2.05, 4.69) is 10.1 Å². The van der Waals surface area contributed by atoms with Gasteiger partial charge in [0, 0.05) is 24.5 Å². The molecule has 0 N–H and O–H groups in total. The minimum atomic E-state index is -0.0858. The van der Waals surface area contributed by atoms with Gasteiger partial charge in [-0.3, -0.25) is 14.4 Å². The molecular weight excluding hydrogens is 380 g/mol. The third kappa shape index (κ3) is 3.72. The molecule has 4 rings (SSSR count). The molecule has 4 aromatic rings. The van der Waals surface area contributed by atoms with Crippen molar-refractivity contribution in [1.29, 1.82) is 0 Å². The van der Waals surface area contributed by atoms with Gasteiger partial charge in [0.25, 0.3) is 5.91 Å². The molecule has 27 heavy (non-hydrogen) atoms. The van der Waals surface area contributed by atoms with Gasteiger partial charge >= 0.3 is 0 Å². The molecule has 2 heterocycles. The van der Waals surface area contributed by atoms with Crippen molar-refractivity contribution < 1.29 is 4.79 Å². The number of aromatic nitrogens is 3. The summed E-state index contributed by atoms with van der Waals surface area (Å²) in [5.41, 5.74) is 2.47. The van der Waals surface area contributed by atoms with Crippen molar-refractivity contribution in [3.63, 3.8) is 0 Å². The quantitative estimate of drug-likeness (QED) is 0.486. The summed E-state index contributed by atoms with van der Waals surface area (Å²) in [7, 11) is 0. The van der Waals surface area contributed by atoms with Crippen molar-refractivity contribution in [1.82, 2.24) is 14.8 Å². The summed E-state index contributed by atoms with van der Waals surface area (Å²) in [6, 6.07) is 15.1. The van der Waals surface area contributed by atoms with Crippen LogP contribution in [0.4, 0.5) is 5.13 Å². The van der Waals surface area contributed by atoms with Gasteiger partial charge in [0.1, 0.15) is 5.52 Å². The minimum Gasteiger partial charge on any atom is -0.282 e. The lowest BCUT2D eigenvalue weighted by molar-refractivity contribution is 0.0986. The summed E-state index contributed by atoms with van der Waals surface area (Å²) in [6.45, 7) is 3.04. The smallest absolute Gasteiger partial charge is 0.260 e. The summed E-state index contributed by atoms with van der Waals surface area (Å²) >= 11 is 7.74. The van der Waals surface area contributed by atoms with Crippen molar-refractivity contribution in [2.24, 2.45) is 0 Å². The van der Waals surface area contributed by atoms with Gasteiger partial charge in [-0.1, -0.05) is 46.7 Å². The first-order valence-corrected chi connectivity index (χ1v) is 9.72. The van der Waals surface area contributed by atoms with Crippen LogP contribution in [0.25, 0.3) is 10.2 Å². The number of amides is 1. The molecule has 2 aromatic carbocycles. The van der Waals surface area contributed by atoms with Crippen LogP contribution in [0.5, 0.6) is 0 Å². The molecular formula is C20H17ClN4OS. The number of hydrogen-bond donors (Lipinski definition) is 0. The molecule has 7 heteroatoms. The van der Waals surface area contributed by atoms with Crippen molar-refractivity contribution in [3.8, 4) is 0 Å². The van der Waals surface area contributed by atoms with Crippen LogP contribution in [-0.4, -0.2) is 27.2 Å². The number of rotatable bonds is 5. The van der Waals surface area contributed by atoms with E-state index in [1.54, 1.807) is 15.8 Å². The molecule has 1 amide bonds. The van der Waals surface area contributed by atoms with Crippen LogP contribution in [0.1, 0.15) is 15.9 Å². The molecule has 0 atom stereocenters. The number of anilines is 1. The fourth-order valence-corrected chi connectivity index (χ4v) is 4.08. The second kappa shape index (κ2) is 7.50. The van der Waals surface area contributed by atoms with Crippen LogP contribution in [0.3, 0.4) is 0 Å². The van der Waals surface area contributed by atoms with E-state index in [4.69, 9.17) is 11.6 Å². The van der Waals surface area contributed by atoms with Gasteiger partial charge in [0.2, 0.25) is 0 Å². The van der Waals surface area contributed by atoms with Gasteiger partial charge in [-0.2, -0.15) is 5.10 Å². The maximum atomic E-state index is 13.2. The van der Waals surface area contributed by atoms with Gasteiger partial charge in [0.05, 0.1) is 16.3 Å². The Bertz CT molecular complexity index is 1070. The molecule has 0 radical (unpaired) electrons. The highest BCUT2D eigenvalue weighted by atomic mass is 35.5. The molecule has 0 aliphatic carbocycles. The summed E-state index contributed by atoms with van der Waals surface area (Å²) in [6.07, 6.45) is 3.60. The SMILES string of the molecule is Cc1ccc(C(=O)N(CCn2cccn2)c2nc3c(Cl)cccc3s2)cc1. The molecule has 2 aromatic heterocycles. The number of carbonyl (C=O) groups excluding carboxylic acids is 1. The third-order valence-corrected chi connectivity index (χ3v) is 5.59. The first-order valence-electron chi connectivity index (χ1n) is 8.53. The molecule has 0 unspecified atom stereocenters. The molecule has 0 saturated carbocycles. The van der Waals surface area contributed by atoms with E-state index in [0.29, 0.717) is 28.8 Å². The average Bonchev–Trinajstić information content (AvgIpc) is 3.33. The lowest BCUT2D eigenvalue weighted by Crippen LogP contribution is -2.34. The lowest BCUT2D eigenvalue weighted by atomic mass is 10.1. The van der Waals surface area contributed by atoms with E-state index in [0.717, 1.165) is 15.8 Å². The highest BCUT2D eigenvalue weighted by Crippen LogP contribution is 2.33. The summed E-state index contributed by atoms with van der Waals surface area (Å²) in [5, 5.41) is 5.45. The van der Waals surface area contributed by atoms with Crippen LogP contribution < -0.4 is 4.90 Å². The van der Waals surface area contributed by atoms with Gasteiger partial charge in [-0.05, 0) is 37.3 Å². The molecule has 0 spiro atoms. The van der Waals surface area contributed by atoms with Crippen molar-refractivity contribution in [2.75, 3.05) is 11.4 Å². The molecule has 0 bridgehead atoms. The van der Waals surface area contributed by atoms with E-state index in [-0.39, 0.29) is 5.91 Å². The van der Waals surface area contributed by atoms with Gasteiger partial charge < -0.3 is 0 Å². The van der Waals surface area contributed by atoms with Gasteiger partial charge in [0.15, 0.2) is 5.13 Å². The zero-order valence-electron chi connectivity index (χ0n) is 14.7. The summed E-state index contributed by atoms with van der Waals surface area (Å²) < 4.78 is 2.76. The molecule has 0 fully saturated rings. The molecule has 136 valence electrons. The minimum absolute atomic E-state index is 0.0858. The van der Waals surface area contributed by atoms with Crippen molar-refractivity contribution in [3.05, 3.63) is 77.1 Å². The van der Waals surface area contributed by atoms with E-state index in [9.17, 15) is 4.79 Å². The number of thiazole rings is 1. The maximum absolute atomic E-state index is 13.2. The number of halogens is 1. The summed E-state index contributed by atoms with van der Waals surface area (Å²) in [5.74, 6) is -0.0858. The second-order valence-electron chi connectivity index (χ2n) is 6.17. The fourth-order valence-electron chi connectivity index (χ4n) is 2.79. The Morgan fingerprint density at radius 3 is 2.70 bits per heavy atom. The van der Waals surface area contributed by atoms with E-state index in [1.807, 2.05) is 61.7 Å². The normalized spacial score (nSPS) is 11.0. The first kappa shape index (κ1) is 17.7. The summed E-state index contributed by atoms with van der Waals surface area (Å²) in [4.78, 5) is 19.5. The zero-order chi connectivity index (χ0) is 18.8. The predicted octanol–water partition coefficient (Wildman–Crippen LogP) is 4.80. The Hall–Kier alpha value is -2.70. The Balaban J connectivity index is 1.70. The largest absolute Gasteiger partial charge is 0.282 e. The van der Waals surface area contributed by atoms with Crippen molar-refractivity contribution in [2.45, 2.75) is 13.5 Å². The number of benzene rings is 2. The number of carbonyl (C=O) groups is 1. The molecule has 0 aliphatic heterocycles. The standard InChI is InChI=1S/C20H17ClN4OS/c1-14-6-8-15(9-7-14)19(26)25(13-12-24-11-3-10-22-24)20-23-18-16(21)4-2-5-17(18)27-20/h2-11H,12-13H2,1H3. The number of aryl methyl sites for hydroxylation is 1. The van der Waals surface area contributed by atoms with E-state index >= 15 is 0 Å². The highest BCUT2D eigenvalue weighted by molar-refractivity contribution is 7.22. The number of hydrogen-bond acceptors (Lipinski definition) is 4. The van der Waals surface area contributed by atoms with Crippen LogP contribution in [0.2, 0.25) is 5.02 Å². The number of nitrogens with zero attached hydrogens (tertiary/aromatic N) is 4. The predicted molar refractivity (Wildman–Crippen MR) is 110 cm³/mol. The average molecular weight is 397 g/mol. The van der Waals surface area contributed by atoms with Crippen LogP contribution in [0.15, 0.2) is 60.9 Å². The fraction of sp³-hybridized carbons (Fsp3) is 0.150. The third-order valence-electron chi connectivity index (χ3n) is 4.24. The monoisotopic (exact) mass is 396 g/mol.